The van der Waals surface area contributed by atoms with Crippen LogP contribution in [-0.2, 0) is 4.79 Å². The van der Waals surface area contributed by atoms with E-state index in [9.17, 15) is 9.59 Å². The molecular formula is C16H22ClN3O3. The van der Waals surface area contributed by atoms with Crippen LogP contribution in [0.3, 0.4) is 0 Å². The van der Waals surface area contributed by atoms with E-state index in [1.165, 1.54) is 4.90 Å². The summed E-state index contributed by atoms with van der Waals surface area (Å²) in [6.45, 7) is 2.24. The number of amides is 3. The number of benzene rings is 1. The van der Waals surface area contributed by atoms with Crippen molar-refractivity contribution in [3.63, 3.8) is 0 Å². The Balaban J connectivity index is 2.05. The van der Waals surface area contributed by atoms with E-state index in [4.69, 9.17) is 16.3 Å². The van der Waals surface area contributed by atoms with Crippen LogP contribution in [0.15, 0.2) is 18.2 Å². The highest BCUT2D eigenvalue weighted by Crippen LogP contribution is 2.33. The van der Waals surface area contributed by atoms with E-state index in [2.05, 4.69) is 10.6 Å². The molecular weight excluding hydrogens is 318 g/mol. The number of urea groups is 1. The topological polar surface area (TPSA) is 70.7 Å². The molecule has 1 aromatic carbocycles. The summed E-state index contributed by atoms with van der Waals surface area (Å²) >= 11 is 5.99. The van der Waals surface area contributed by atoms with Gasteiger partial charge in [-0.15, -0.1) is 0 Å². The first-order valence-corrected chi connectivity index (χ1v) is 7.96. The molecule has 0 spiro atoms. The minimum Gasteiger partial charge on any atom is -0.493 e. The maximum atomic E-state index is 12.2. The molecule has 0 aromatic heterocycles. The molecule has 2 rings (SSSR count). The summed E-state index contributed by atoms with van der Waals surface area (Å²) in [6.07, 6.45) is 1.58. The molecule has 1 heterocycles. The quantitative estimate of drug-likeness (QED) is 0.888. The lowest BCUT2D eigenvalue weighted by Crippen LogP contribution is -2.48. The summed E-state index contributed by atoms with van der Waals surface area (Å²) in [5.41, 5.74) is 0.897. The fourth-order valence-electron chi connectivity index (χ4n) is 2.54. The Hall–Kier alpha value is -1.95. The van der Waals surface area contributed by atoms with Gasteiger partial charge in [0.15, 0.2) is 0 Å². The first-order valence-electron chi connectivity index (χ1n) is 7.59. The standard InChI is InChI=1S/C16H22ClN3O3/c1-10(15(21)20(2)3)18-16(22)19-13-5-4-8-23-14-9-11(17)6-7-12(13)14/h6-7,9-10,13H,4-5,8H2,1-3H3,(H2,18,19,22)/t10-,13+/m0/s1. The summed E-state index contributed by atoms with van der Waals surface area (Å²) in [5.74, 6) is 0.536. The summed E-state index contributed by atoms with van der Waals surface area (Å²) in [7, 11) is 3.31. The number of ether oxygens (including phenoxy) is 1. The lowest BCUT2D eigenvalue weighted by molar-refractivity contribution is -0.130. The van der Waals surface area contributed by atoms with Crippen LogP contribution < -0.4 is 15.4 Å². The van der Waals surface area contributed by atoms with Gasteiger partial charge < -0.3 is 20.3 Å². The zero-order valence-electron chi connectivity index (χ0n) is 13.6. The van der Waals surface area contributed by atoms with Crippen LogP contribution in [-0.4, -0.2) is 43.6 Å². The maximum Gasteiger partial charge on any atom is 0.315 e. The number of likely N-dealkylation sites (N-methyl/N-ethyl adjacent to an activating group) is 1. The Morgan fingerprint density at radius 2 is 2.13 bits per heavy atom. The van der Waals surface area contributed by atoms with Crippen molar-refractivity contribution >= 4 is 23.5 Å². The number of nitrogens with one attached hydrogen (secondary N) is 2. The SMILES string of the molecule is C[C@H](NC(=O)N[C@@H]1CCCOc2cc(Cl)ccc21)C(=O)N(C)C. The van der Waals surface area contributed by atoms with Crippen LogP contribution >= 0.6 is 11.6 Å². The van der Waals surface area contributed by atoms with Crippen LogP contribution in [0.1, 0.15) is 31.4 Å². The minimum absolute atomic E-state index is 0.156. The third kappa shape index (κ3) is 4.51. The average molecular weight is 340 g/mol. The van der Waals surface area contributed by atoms with E-state index in [-0.39, 0.29) is 18.0 Å². The van der Waals surface area contributed by atoms with Crippen molar-refractivity contribution in [3.8, 4) is 5.75 Å². The molecule has 0 fully saturated rings. The van der Waals surface area contributed by atoms with E-state index in [0.29, 0.717) is 17.4 Å². The Morgan fingerprint density at radius 3 is 2.83 bits per heavy atom. The number of nitrogens with zero attached hydrogens (tertiary/aromatic N) is 1. The lowest BCUT2D eigenvalue weighted by Gasteiger charge is -2.22. The van der Waals surface area contributed by atoms with Gasteiger partial charge in [-0.2, -0.15) is 0 Å². The fourth-order valence-corrected chi connectivity index (χ4v) is 2.70. The van der Waals surface area contributed by atoms with E-state index in [0.717, 1.165) is 18.4 Å². The number of carbonyl (C=O) groups is 2. The molecule has 23 heavy (non-hydrogen) atoms. The molecule has 0 bridgehead atoms. The molecule has 0 saturated heterocycles. The molecule has 2 atom stereocenters. The third-order valence-corrected chi connectivity index (χ3v) is 3.94. The maximum absolute atomic E-state index is 12.2. The van der Waals surface area contributed by atoms with Crippen LogP contribution in [0.2, 0.25) is 5.02 Å². The molecule has 0 aliphatic carbocycles. The van der Waals surface area contributed by atoms with Crippen LogP contribution in [0, 0.1) is 0 Å². The lowest BCUT2D eigenvalue weighted by atomic mass is 10.0. The molecule has 2 N–H and O–H groups in total. The van der Waals surface area contributed by atoms with E-state index in [1.54, 1.807) is 33.2 Å². The van der Waals surface area contributed by atoms with Gasteiger partial charge in [0.2, 0.25) is 5.91 Å². The van der Waals surface area contributed by atoms with Gasteiger partial charge in [-0.05, 0) is 31.9 Å². The normalized spacial score (nSPS) is 18.0. The molecule has 0 unspecified atom stereocenters. The molecule has 126 valence electrons. The number of rotatable bonds is 3. The number of fused-ring (bicyclic) bond motifs is 1. The first kappa shape index (κ1) is 17.4. The first-order chi connectivity index (χ1) is 10.9. The molecule has 1 aliphatic heterocycles. The number of hydrogen-bond donors (Lipinski definition) is 2. The van der Waals surface area contributed by atoms with Gasteiger partial charge >= 0.3 is 6.03 Å². The summed E-state index contributed by atoms with van der Waals surface area (Å²) in [5, 5.41) is 6.17. The van der Waals surface area contributed by atoms with Gasteiger partial charge in [0.25, 0.3) is 0 Å². The molecule has 7 heteroatoms. The molecule has 1 aliphatic rings. The zero-order chi connectivity index (χ0) is 17.0. The fraction of sp³-hybridized carbons (Fsp3) is 0.500. The van der Waals surface area contributed by atoms with Crippen LogP contribution in [0.4, 0.5) is 4.79 Å². The van der Waals surface area contributed by atoms with Gasteiger partial charge in [0.1, 0.15) is 11.8 Å². The highest BCUT2D eigenvalue weighted by atomic mass is 35.5. The smallest absolute Gasteiger partial charge is 0.315 e. The average Bonchev–Trinajstić information content (AvgIpc) is 2.68. The van der Waals surface area contributed by atoms with Crippen molar-refractivity contribution in [2.45, 2.75) is 31.8 Å². The Kier molecular flexibility index (Phi) is 5.71. The molecule has 0 saturated carbocycles. The van der Waals surface area contributed by atoms with E-state index < -0.39 is 6.04 Å². The second-order valence-corrected chi connectivity index (χ2v) is 6.23. The largest absolute Gasteiger partial charge is 0.493 e. The summed E-state index contributed by atoms with van der Waals surface area (Å²) in [4.78, 5) is 25.4. The Bertz CT molecular complexity index is 592. The molecule has 0 radical (unpaired) electrons. The highest BCUT2D eigenvalue weighted by Gasteiger charge is 2.23. The second-order valence-electron chi connectivity index (χ2n) is 5.80. The molecule has 1 aromatic rings. The van der Waals surface area contributed by atoms with Crippen molar-refractivity contribution in [1.82, 2.24) is 15.5 Å². The van der Waals surface area contributed by atoms with Gasteiger partial charge in [-0.3, -0.25) is 4.79 Å². The number of carbonyl (C=O) groups excluding carboxylic acids is 2. The van der Waals surface area contributed by atoms with Crippen molar-refractivity contribution in [3.05, 3.63) is 28.8 Å². The number of halogens is 1. The van der Waals surface area contributed by atoms with Gasteiger partial charge in [-0.25, -0.2) is 4.79 Å². The third-order valence-electron chi connectivity index (χ3n) is 3.71. The highest BCUT2D eigenvalue weighted by molar-refractivity contribution is 6.30. The monoisotopic (exact) mass is 339 g/mol. The molecule has 6 nitrogen and oxygen atoms in total. The van der Waals surface area contributed by atoms with Crippen LogP contribution in [0.5, 0.6) is 5.75 Å². The Labute approximate surface area is 141 Å². The predicted molar refractivity (Wildman–Crippen MR) is 88.7 cm³/mol. The van der Waals surface area contributed by atoms with Crippen molar-refractivity contribution < 1.29 is 14.3 Å². The predicted octanol–water partition coefficient (Wildman–Crippen LogP) is 2.33. The zero-order valence-corrected chi connectivity index (χ0v) is 14.3. The minimum atomic E-state index is -0.586. The van der Waals surface area contributed by atoms with Gasteiger partial charge in [0, 0.05) is 24.7 Å². The van der Waals surface area contributed by atoms with Crippen LogP contribution in [0.25, 0.3) is 0 Å². The van der Waals surface area contributed by atoms with Crippen molar-refractivity contribution in [2.24, 2.45) is 0 Å². The van der Waals surface area contributed by atoms with E-state index in [1.807, 2.05) is 6.07 Å². The Morgan fingerprint density at radius 1 is 1.39 bits per heavy atom. The second kappa shape index (κ2) is 7.55. The molecule has 3 amide bonds. The number of hydrogen-bond acceptors (Lipinski definition) is 3. The van der Waals surface area contributed by atoms with Gasteiger partial charge in [-0.1, -0.05) is 17.7 Å². The van der Waals surface area contributed by atoms with Gasteiger partial charge in [0.05, 0.1) is 12.6 Å². The van der Waals surface area contributed by atoms with E-state index >= 15 is 0 Å². The van der Waals surface area contributed by atoms with Crippen molar-refractivity contribution in [2.75, 3.05) is 20.7 Å². The summed E-state index contributed by atoms with van der Waals surface area (Å²) in [6, 6.07) is 4.26. The van der Waals surface area contributed by atoms with Crippen molar-refractivity contribution in [1.29, 1.82) is 0 Å². The summed E-state index contributed by atoms with van der Waals surface area (Å²) < 4.78 is 5.67.